The number of benzene rings is 2. The number of amides is 1. The fourth-order valence-electron chi connectivity index (χ4n) is 3.55. The van der Waals surface area contributed by atoms with Gasteiger partial charge in [0.2, 0.25) is 0 Å². The molecular formula is C27H27F3N2O4S. The largest absolute Gasteiger partial charge is 0.478 e. The van der Waals surface area contributed by atoms with Gasteiger partial charge in [-0.05, 0) is 44.0 Å². The highest BCUT2D eigenvalue weighted by Crippen LogP contribution is 2.33. The number of nitrogens with zero attached hydrogens (tertiary/aromatic N) is 1. The highest BCUT2D eigenvalue weighted by atomic mass is 32.1. The molecule has 1 aromatic heterocycles. The van der Waals surface area contributed by atoms with Crippen molar-refractivity contribution in [1.82, 2.24) is 4.98 Å². The quantitative estimate of drug-likeness (QED) is 0.201. The Labute approximate surface area is 216 Å². The number of aliphatic carboxylic acids is 1. The number of carboxylic acids is 1. The summed E-state index contributed by atoms with van der Waals surface area (Å²) in [5.41, 5.74) is -0.182. The lowest BCUT2D eigenvalue weighted by molar-refractivity contribution is -0.132. The van der Waals surface area contributed by atoms with Crippen molar-refractivity contribution in [2.75, 3.05) is 11.9 Å². The number of carbonyl (C=O) groups is 2. The average Bonchev–Trinajstić information content (AvgIpc) is 3.32. The van der Waals surface area contributed by atoms with Gasteiger partial charge < -0.3 is 9.84 Å². The molecule has 6 nitrogen and oxygen atoms in total. The minimum absolute atomic E-state index is 0.113. The predicted octanol–water partition coefficient (Wildman–Crippen LogP) is 7.24. The Morgan fingerprint density at radius 2 is 1.89 bits per heavy atom. The molecule has 0 saturated carbocycles. The second-order valence-corrected chi connectivity index (χ2v) is 9.17. The third-order valence-electron chi connectivity index (χ3n) is 5.60. The summed E-state index contributed by atoms with van der Waals surface area (Å²) in [5, 5.41) is 13.1. The molecule has 2 aromatic carbocycles. The highest BCUT2D eigenvalue weighted by molar-refractivity contribution is 7.14. The number of unbranched alkanes of at least 4 members (excludes halogenated alkanes) is 1. The van der Waals surface area contributed by atoms with E-state index in [0.29, 0.717) is 24.3 Å². The molecule has 0 radical (unpaired) electrons. The van der Waals surface area contributed by atoms with Crippen LogP contribution in [0.2, 0.25) is 0 Å². The predicted molar refractivity (Wildman–Crippen MR) is 137 cm³/mol. The van der Waals surface area contributed by atoms with Gasteiger partial charge in [0.25, 0.3) is 5.91 Å². The Hall–Kier alpha value is -3.50. The van der Waals surface area contributed by atoms with E-state index in [4.69, 9.17) is 9.84 Å². The van der Waals surface area contributed by atoms with Crippen molar-refractivity contribution in [3.05, 3.63) is 75.4 Å². The maximum atomic E-state index is 15.4. The smallest absolute Gasteiger partial charge is 0.331 e. The minimum Gasteiger partial charge on any atom is -0.478 e. The molecule has 0 aliphatic carbocycles. The normalized spacial score (nSPS) is 12.4. The summed E-state index contributed by atoms with van der Waals surface area (Å²) >= 11 is 1.03. The Balaban J connectivity index is 1.80. The van der Waals surface area contributed by atoms with E-state index in [0.717, 1.165) is 42.4 Å². The molecule has 2 N–H and O–H groups in total. The fraction of sp³-hybridized carbons (Fsp3) is 0.296. The van der Waals surface area contributed by atoms with Crippen molar-refractivity contribution < 1.29 is 32.6 Å². The van der Waals surface area contributed by atoms with Gasteiger partial charge in [0.05, 0.1) is 11.8 Å². The number of hydrogen-bond acceptors (Lipinski definition) is 5. The van der Waals surface area contributed by atoms with Crippen molar-refractivity contribution in [3.63, 3.8) is 0 Å². The zero-order valence-corrected chi connectivity index (χ0v) is 21.4. The number of carboxylic acid groups (broad SMARTS) is 1. The minimum atomic E-state index is -1.32. The van der Waals surface area contributed by atoms with E-state index in [9.17, 15) is 18.4 Å². The van der Waals surface area contributed by atoms with Gasteiger partial charge in [-0.3, -0.25) is 10.1 Å². The van der Waals surface area contributed by atoms with Crippen LogP contribution in [0.15, 0.2) is 41.3 Å². The van der Waals surface area contributed by atoms with Crippen LogP contribution in [0, 0.1) is 17.5 Å². The van der Waals surface area contributed by atoms with Crippen molar-refractivity contribution in [2.45, 2.75) is 46.1 Å². The van der Waals surface area contributed by atoms with Crippen LogP contribution in [-0.2, 0) is 9.53 Å². The van der Waals surface area contributed by atoms with Gasteiger partial charge in [0.1, 0.15) is 17.5 Å². The van der Waals surface area contributed by atoms with E-state index in [-0.39, 0.29) is 21.8 Å². The van der Waals surface area contributed by atoms with Gasteiger partial charge in [0.15, 0.2) is 5.13 Å². The number of hydrogen-bond donors (Lipinski definition) is 2. The molecule has 3 rings (SSSR count). The highest BCUT2D eigenvalue weighted by Gasteiger charge is 2.20. The van der Waals surface area contributed by atoms with E-state index in [1.807, 2.05) is 13.8 Å². The number of aromatic nitrogens is 1. The summed E-state index contributed by atoms with van der Waals surface area (Å²) in [6, 6.07) is 6.58. The molecule has 3 aromatic rings. The topological polar surface area (TPSA) is 88.5 Å². The fourth-order valence-corrected chi connectivity index (χ4v) is 4.26. The molecular weight excluding hydrogens is 505 g/mol. The molecule has 37 heavy (non-hydrogen) atoms. The van der Waals surface area contributed by atoms with Crippen LogP contribution in [0.25, 0.3) is 17.3 Å². The van der Waals surface area contributed by atoms with Crippen molar-refractivity contribution in [2.24, 2.45) is 0 Å². The number of thiazole rings is 1. The molecule has 0 aliphatic rings. The molecule has 0 spiro atoms. The zero-order valence-electron chi connectivity index (χ0n) is 20.6. The summed E-state index contributed by atoms with van der Waals surface area (Å²) in [7, 11) is 0. The van der Waals surface area contributed by atoms with Gasteiger partial charge in [-0.15, -0.1) is 11.3 Å². The molecule has 0 bridgehead atoms. The van der Waals surface area contributed by atoms with E-state index in [1.165, 1.54) is 6.92 Å². The van der Waals surface area contributed by atoms with E-state index in [1.54, 1.807) is 23.6 Å². The van der Waals surface area contributed by atoms with Gasteiger partial charge in [0, 0.05) is 39.8 Å². The molecule has 1 heterocycles. The monoisotopic (exact) mass is 532 g/mol. The van der Waals surface area contributed by atoms with Crippen molar-refractivity contribution in [3.8, 4) is 11.3 Å². The van der Waals surface area contributed by atoms with E-state index >= 15 is 4.39 Å². The molecule has 1 atom stereocenters. The second-order valence-electron chi connectivity index (χ2n) is 8.31. The molecule has 196 valence electrons. The Morgan fingerprint density at radius 1 is 1.19 bits per heavy atom. The number of nitrogens with one attached hydrogen (secondary N) is 1. The van der Waals surface area contributed by atoms with E-state index < -0.39 is 41.0 Å². The number of ether oxygens (including phenoxy) is 1. The Bertz CT molecular complexity index is 1300. The molecule has 1 unspecified atom stereocenters. The van der Waals surface area contributed by atoms with Gasteiger partial charge in [-0.2, -0.15) is 0 Å². The van der Waals surface area contributed by atoms with Crippen LogP contribution >= 0.6 is 11.3 Å². The first-order valence-electron chi connectivity index (χ1n) is 11.7. The average molecular weight is 533 g/mol. The summed E-state index contributed by atoms with van der Waals surface area (Å²) in [6.07, 6.45) is 2.90. The zero-order chi connectivity index (χ0) is 27.1. The maximum Gasteiger partial charge on any atom is 0.331 e. The maximum absolute atomic E-state index is 15.4. The third kappa shape index (κ3) is 6.84. The first-order chi connectivity index (χ1) is 17.7. The lowest BCUT2D eigenvalue weighted by Gasteiger charge is -2.18. The Morgan fingerprint density at radius 3 is 2.51 bits per heavy atom. The van der Waals surface area contributed by atoms with Gasteiger partial charge in [-0.1, -0.05) is 32.4 Å². The molecule has 10 heteroatoms. The SMILES string of the molecule is CCCCOC(CC)c1cccc(-c2csc(NC(=O)c3cc(F)c(C=C(C)C(=O)O)c(F)c3)n2)c1F. The van der Waals surface area contributed by atoms with Crippen molar-refractivity contribution in [1.29, 1.82) is 0 Å². The van der Waals surface area contributed by atoms with Crippen LogP contribution in [0.1, 0.15) is 67.6 Å². The van der Waals surface area contributed by atoms with Gasteiger partial charge in [-0.25, -0.2) is 22.9 Å². The molecule has 0 saturated heterocycles. The van der Waals surface area contributed by atoms with Crippen LogP contribution < -0.4 is 5.32 Å². The van der Waals surface area contributed by atoms with Crippen LogP contribution in [0.4, 0.5) is 18.3 Å². The summed E-state index contributed by atoms with van der Waals surface area (Å²) in [4.78, 5) is 27.8. The van der Waals surface area contributed by atoms with Crippen molar-refractivity contribution >= 4 is 34.4 Å². The number of rotatable bonds is 11. The summed E-state index contributed by atoms with van der Waals surface area (Å²) in [5.74, 6) is -4.78. The summed E-state index contributed by atoms with van der Waals surface area (Å²) < 4.78 is 50.1. The molecule has 1 amide bonds. The number of anilines is 1. The first-order valence-corrected chi connectivity index (χ1v) is 12.6. The molecule has 0 fully saturated rings. The number of halogens is 3. The third-order valence-corrected chi connectivity index (χ3v) is 6.36. The van der Waals surface area contributed by atoms with Crippen LogP contribution in [0.3, 0.4) is 0 Å². The lowest BCUT2D eigenvalue weighted by Crippen LogP contribution is -2.13. The number of carbonyl (C=O) groups excluding carboxylic acids is 1. The first kappa shape index (κ1) is 28.1. The Kier molecular flexibility index (Phi) is 9.60. The summed E-state index contributed by atoms with van der Waals surface area (Å²) in [6.45, 7) is 5.69. The standard InChI is InChI=1S/C27H27F3N2O4S/c1-4-6-10-36-23(5-2)18-9-7-8-17(24(18)30)22-14-37-27(31-22)32-25(33)16-12-20(28)19(21(29)13-16)11-15(3)26(34)35/h7-9,11-14,23H,4-6,10H2,1-3H3,(H,34,35)(H,31,32,33). The molecule has 0 aliphatic heterocycles. The van der Waals surface area contributed by atoms with E-state index in [2.05, 4.69) is 10.3 Å². The van der Waals surface area contributed by atoms with Crippen LogP contribution in [-0.4, -0.2) is 28.6 Å². The van der Waals surface area contributed by atoms with Gasteiger partial charge >= 0.3 is 5.97 Å². The lowest BCUT2D eigenvalue weighted by atomic mass is 10.0. The second kappa shape index (κ2) is 12.6. The van der Waals surface area contributed by atoms with Crippen LogP contribution in [0.5, 0.6) is 0 Å².